The Bertz CT molecular complexity index is 402. The zero-order valence-electron chi connectivity index (χ0n) is 7.27. The molecule has 2 rings (SSSR count). The molecule has 0 aromatic carbocycles. The number of hydrogen-bond donors (Lipinski definition) is 1. The van der Waals surface area contributed by atoms with E-state index in [0.717, 1.165) is 10.7 Å². The van der Waals surface area contributed by atoms with Crippen LogP contribution < -0.4 is 0 Å². The smallest absolute Gasteiger partial charge is 0.165 e. The first-order valence-corrected chi connectivity index (χ1v) is 5.05. The summed E-state index contributed by atoms with van der Waals surface area (Å²) in [6.07, 6.45) is 6.29. The number of pyridine rings is 1. The van der Waals surface area contributed by atoms with Crippen molar-refractivity contribution < 1.29 is 4.39 Å². The highest BCUT2D eigenvalue weighted by Gasteiger charge is 1.99. The first kappa shape index (κ1) is 9.21. The third-order valence-corrected chi connectivity index (χ3v) is 2.58. The van der Waals surface area contributed by atoms with Crippen molar-refractivity contribution in [2.45, 2.75) is 10.9 Å². The van der Waals surface area contributed by atoms with Crippen LogP contribution in [-0.4, -0.2) is 15.0 Å². The van der Waals surface area contributed by atoms with Crippen molar-refractivity contribution in [3.8, 4) is 0 Å². The van der Waals surface area contributed by atoms with Gasteiger partial charge in [-0.1, -0.05) is 11.8 Å². The van der Waals surface area contributed by atoms with E-state index >= 15 is 0 Å². The number of rotatable bonds is 3. The number of aromatic amines is 1. The highest BCUT2D eigenvalue weighted by molar-refractivity contribution is 7.98. The lowest BCUT2D eigenvalue weighted by atomic mass is 10.3. The molecular formula is C9H8FN3S. The standard InChI is InChI=1S/C9H8FN3S/c10-8-3-7(4-11-5-8)6-14-9-12-1-2-13-9/h1-5H,6H2,(H,12,13). The lowest BCUT2D eigenvalue weighted by Crippen LogP contribution is -1.85. The van der Waals surface area contributed by atoms with Gasteiger partial charge in [-0.15, -0.1) is 0 Å². The van der Waals surface area contributed by atoms with Crippen molar-refractivity contribution in [3.63, 3.8) is 0 Å². The summed E-state index contributed by atoms with van der Waals surface area (Å²) >= 11 is 1.52. The summed E-state index contributed by atoms with van der Waals surface area (Å²) in [5, 5.41) is 0.828. The summed E-state index contributed by atoms with van der Waals surface area (Å²) in [6, 6.07) is 1.48. The van der Waals surface area contributed by atoms with E-state index in [0.29, 0.717) is 5.75 Å². The minimum Gasteiger partial charge on any atom is -0.340 e. The maximum absolute atomic E-state index is 12.7. The molecule has 72 valence electrons. The Kier molecular flexibility index (Phi) is 2.78. The minimum absolute atomic E-state index is 0.303. The Labute approximate surface area is 84.8 Å². The average molecular weight is 209 g/mol. The number of nitrogens with one attached hydrogen (secondary N) is 1. The monoisotopic (exact) mass is 209 g/mol. The number of halogens is 1. The molecule has 2 heterocycles. The summed E-state index contributed by atoms with van der Waals surface area (Å²) in [7, 11) is 0. The highest BCUT2D eigenvalue weighted by Crippen LogP contribution is 2.18. The molecule has 0 amide bonds. The molecule has 5 heteroatoms. The van der Waals surface area contributed by atoms with Crippen LogP contribution in [0.1, 0.15) is 5.56 Å². The van der Waals surface area contributed by atoms with Gasteiger partial charge in [-0.3, -0.25) is 4.98 Å². The van der Waals surface area contributed by atoms with E-state index < -0.39 is 0 Å². The van der Waals surface area contributed by atoms with Crippen LogP contribution in [0.4, 0.5) is 4.39 Å². The summed E-state index contributed by atoms with van der Waals surface area (Å²) in [4.78, 5) is 10.8. The van der Waals surface area contributed by atoms with Crippen molar-refractivity contribution in [2.75, 3.05) is 0 Å². The molecule has 0 aliphatic rings. The molecule has 0 saturated heterocycles. The number of hydrogen-bond acceptors (Lipinski definition) is 3. The summed E-state index contributed by atoms with van der Waals surface area (Å²) in [5.41, 5.74) is 0.853. The van der Waals surface area contributed by atoms with Gasteiger partial charge in [-0.2, -0.15) is 0 Å². The van der Waals surface area contributed by atoms with Gasteiger partial charge in [0.15, 0.2) is 5.16 Å². The SMILES string of the molecule is Fc1cncc(CSc2ncc[nH]2)c1. The van der Waals surface area contributed by atoms with Crippen LogP contribution in [0.25, 0.3) is 0 Å². The Hall–Kier alpha value is -1.36. The van der Waals surface area contributed by atoms with Crippen molar-refractivity contribution in [1.29, 1.82) is 0 Å². The third-order valence-electron chi connectivity index (χ3n) is 1.61. The summed E-state index contributed by atoms with van der Waals surface area (Å²) in [6.45, 7) is 0. The van der Waals surface area contributed by atoms with Gasteiger partial charge in [0, 0.05) is 24.3 Å². The average Bonchev–Trinajstić information content (AvgIpc) is 2.67. The lowest BCUT2D eigenvalue weighted by Gasteiger charge is -1.97. The largest absolute Gasteiger partial charge is 0.340 e. The predicted molar refractivity (Wildman–Crippen MR) is 52.3 cm³/mol. The second kappa shape index (κ2) is 4.23. The molecule has 0 radical (unpaired) electrons. The fraction of sp³-hybridized carbons (Fsp3) is 0.111. The van der Waals surface area contributed by atoms with Crippen molar-refractivity contribution in [1.82, 2.24) is 15.0 Å². The van der Waals surface area contributed by atoms with Crippen LogP contribution in [-0.2, 0) is 5.75 Å². The molecule has 0 bridgehead atoms. The zero-order valence-corrected chi connectivity index (χ0v) is 8.09. The van der Waals surface area contributed by atoms with Crippen LogP contribution in [0, 0.1) is 5.82 Å². The fourth-order valence-electron chi connectivity index (χ4n) is 1.02. The Morgan fingerprint density at radius 2 is 2.36 bits per heavy atom. The van der Waals surface area contributed by atoms with Crippen molar-refractivity contribution >= 4 is 11.8 Å². The van der Waals surface area contributed by atoms with Gasteiger partial charge in [0.1, 0.15) is 5.82 Å². The van der Waals surface area contributed by atoms with Crippen LogP contribution in [0.15, 0.2) is 36.0 Å². The number of aromatic nitrogens is 3. The summed E-state index contributed by atoms with van der Waals surface area (Å²) in [5.74, 6) is 0.362. The molecule has 0 unspecified atom stereocenters. The van der Waals surface area contributed by atoms with Crippen LogP contribution in [0.3, 0.4) is 0 Å². The first-order chi connectivity index (χ1) is 6.84. The van der Waals surface area contributed by atoms with Gasteiger partial charge >= 0.3 is 0 Å². The molecule has 0 atom stereocenters. The predicted octanol–water partition coefficient (Wildman–Crippen LogP) is 2.24. The lowest BCUT2D eigenvalue weighted by molar-refractivity contribution is 0.619. The van der Waals surface area contributed by atoms with E-state index in [1.165, 1.54) is 24.0 Å². The number of imidazole rings is 1. The molecule has 1 N–H and O–H groups in total. The van der Waals surface area contributed by atoms with Gasteiger partial charge in [-0.05, 0) is 11.6 Å². The topological polar surface area (TPSA) is 41.6 Å². The zero-order chi connectivity index (χ0) is 9.80. The molecule has 14 heavy (non-hydrogen) atoms. The van der Waals surface area contributed by atoms with Crippen molar-refractivity contribution in [2.24, 2.45) is 0 Å². The van der Waals surface area contributed by atoms with Crippen molar-refractivity contribution in [3.05, 3.63) is 42.2 Å². The van der Waals surface area contributed by atoms with Gasteiger partial charge in [0.2, 0.25) is 0 Å². The van der Waals surface area contributed by atoms with Crippen LogP contribution >= 0.6 is 11.8 Å². The maximum Gasteiger partial charge on any atom is 0.165 e. The van der Waals surface area contributed by atoms with Gasteiger partial charge in [-0.25, -0.2) is 9.37 Å². The quantitative estimate of drug-likeness (QED) is 0.788. The second-order valence-electron chi connectivity index (χ2n) is 2.69. The molecule has 0 fully saturated rings. The molecular weight excluding hydrogens is 201 g/mol. The molecule has 0 aliphatic heterocycles. The number of H-pyrrole nitrogens is 1. The normalized spacial score (nSPS) is 10.4. The third kappa shape index (κ3) is 2.32. The number of nitrogens with zero attached hydrogens (tertiary/aromatic N) is 2. The van der Waals surface area contributed by atoms with Crippen LogP contribution in [0.2, 0.25) is 0 Å². The Morgan fingerprint density at radius 3 is 3.07 bits per heavy atom. The van der Waals surface area contributed by atoms with Gasteiger partial charge in [0.25, 0.3) is 0 Å². The van der Waals surface area contributed by atoms with E-state index in [9.17, 15) is 4.39 Å². The Balaban J connectivity index is 1.98. The van der Waals surface area contributed by atoms with Gasteiger partial charge < -0.3 is 4.98 Å². The molecule has 0 spiro atoms. The second-order valence-corrected chi connectivity index (χ2v) is 3.66. The summed E-state index contributed by atoms with van der Waals surface area (Å²) < 4.78 is 12.7. The van der Waals surface area contributed by atoms with E-state index in [4.69, 9.17) is 0 Å². The van der Waals surface area contributed by atoms with E-state index in [-0.39, 0.29) is 5.82 Å². The van der Waals surface area contributed by atoms with Gasteiger partial charge in [0.05, 0.1) is 6.20 Å². The van der Waals surface area contributed by atoms with Crippen LogP contribution in [0.5, 0.6) is 0 Å². The first-order valence-electron chi connectivity index (χ1n) is 4.06. The Morgan fingerprint density at radius 1 is 1.43 bits per heavy atom. The minimum atomic E-state index is -0.303. The molecule has 0 aliphatic carbocycles. The van der Waals surface area contributed by atoms with E-state index in [1.807, 2.05) is 0 Å². The highest BCUT2D eigenvalue weighted by atomic mass is 32.2. The molecule has 3 nitrogen and oxygen atoms in total. The van der Waals surface area contributed by atoms with E-state index in [2.05, 4.69) is 15.0 Å². The molecule has 2 aromatic heterocycles. The number of thioether (sulfide) groups is 1. The van der Waals surface area contributed by atoms with E-state index in [1.54, 1.807) is 18.6 Å². The fourth-order valence-corrected chi connectivity index (χ4v) is 1.76. The maximum atomic E-state index is 12.7. The molecule has 0 saturated carbocycles. The molecule has 2 aromatic rings.